The Morgan fingerprint density at radius 3 is 3.00 bits per heavy atom. The first-order chi connectivity index (χ1) is 5.77. The van der Waals surface area contributed by atoms with Crippen molar-refractivity contribution in [1.29, 1.82) is 5.53 Å². The fourth-order valence-electron chi connectivity index (χ4n) is 0.488. The third-order valence-corrected chi connectivity index (χ3v) is 0.929. The number of nitrogens with one attached hydrogen (secondary N) is 2. The summed E-state index contributed by atoms with van der Waals surface area (Å²) in [6, 6.07) is 0. The second kappa shape index (κ2) is 7.64. The molecule has 0 rings (SSSR count). The minimum Gasteiger partial charge on any atom is -0.465 e. The predicted molar refractivity (Wildman–Crippen MR) is 39.0 cm³/mol. The summed E-state index contributed by atoms with van der Waals surface area (Å²) in [4.78, 5) is 12.7. The standard InChI is InChI=1S/C5H10N4O3/c6-9-8-2-4-12-3-1-7-5(10)11/h6-7H,1-4H2/p+1. The van der Waals surface area contributed by atoms with E-state index >= 15 is 0 Å². The quantitative estimate of drug-likeness (QED) is 0.296. The SMILES string of the molecule is N=[N+]=NCCOCCNC(=O)O. The number of rotatable bonds is 6. The highest BCUT2D eigenvalue weighted by atomic mass is 16.5. The second-order valence-corrected chi connectivity index (χ2v) is 1.81. The molecule has 0 spiro atoms. The molecule has 0 saturated carbocycles. The molecule has 7 heteroatoms. The lowest BCUT2D eigenvalue weighted by Gasteiger charge is -1.99. The molecule has 1 amide bonds. The van der Waals surface area contributed by atoms with Gasteiger partial charge >= 0.3 is 6.09 Å². The summed E-state index contributed by atoms with van der Waals surface area (Å²) in [6.07, 6.45) is -1.07. The largest absolute Gasteiger partial charge is 0.465 e. The highest BCUT2D eigenvalue weighted by Crippen LogP contribution is 1.74. The minimum atomic E-state index is -1.07. The average molecular weight is 175 g/mol. The molecule has 7 nitrogen and oxygen atoms in total. The molecule has 0 fully saturated rings. The van der Waals surface area contributed by atoms with Crippen molar-refractivity contribution in [3.8, 4) is 0 Å². The number of ether oxygens (including phenoxy) is 1. The van der Waals surface area contributed by atoms with Gasteiger partial charge in [-0.1, -0.05) is 0 Å². The van der Waals surface area contributed by atoms with Crippen LogP contribution in [0.3, 0.4) is 0 Å². The minimum absolute atomic E-state index is 0.257. The fourth-order valence-corrected chi connectivity index (χ4v) is 0.488. The maximum atomic E-state index is 9.91. The molecule has 0 saturated heterocycles. The van der Waals surface area contributed by atoms with Gasteiger partial charge in [-0.3, -0.25) is 0 Å². The summed E-state index contributed by atoms with van der Waals surface area (Å²) >= 11 is 0. The number of hydrogen-bond acceptors (Lipinski definition) is 4. The Bertz CT molecular complexity index is 172. The Kier molecular flexibility index (Phi) is 6.71. The zero-order valence-electron chi connectivity index (χ0n) is 6.49. The second-order valence-electron chi connectivity index (χ2n) is 1.81. The molecule has 12 heavy (non-hydrogen) atoms. The van der Waals surface area contributed by atoms with E-state index in [9.17, 15) is 4.79 Å². The molecule has 0 aromatic rings. The van der Waals surface area contributed by atoms with Crippen LogP contribution in [0.2, 0.25) is 0 Å². The molecule has 0 aliphatic rings. The molecule has 0 aliphatic carbocycles. The Labute approximate surface area is 69.0 Å². The van der Waals surface area contributed by atoms with E-state index in [1.54, 1.807) is 0 Å². The summed E-state index contributed by atoms with van der Waals surface area (Å²) in [5, 5.41) is 13.6. The first-order valence-corrected chi connectivity index (χ1v) is 3.35. The molecule has 3 N–H and O–H groups in total. The van der Waals surface area contributed by atoms with Gasteiger partial charge in [-0.15, -0.1) is 0 Å². The first-order valence-electron chi connectivity index (χ1n) is 3.35. The molecule has 68 valence electrons. The van der Waals surface area contributed by atoms with Crippen molar-refractivity contribution in [3.05, 3.63) is 0 Å². The third kappa shape index (κ3) is 8.54. The van der Waals surface area contributed by atoms with Gasteiger partial charge in [-0.25, -0.2) is 4.79 Å². The number of amides is 1. The van der Waals surface area contributed by atoms with Crippen molar-refractivity contribution in [2.24, 2.45) is 5.11 Å². The Morgan fingerprint density at radius 1 is 1.67 bits per heavy atom. The van der Waals surface area contributed by atoms with Crippen molar-refractivity contribution >= 4 is 6.09 Å². The lowest BCUT2D eigenvalue weighted by atomic mass is 10.6. The van der Waals surface area contributed by atoms with Gasteiger partial charge in [0.15, 0.2) is 0 Å². The van der Waals surface area contributed by atoms with E-state index in [1.165, 1.54) is 0 Å². The lowest BCUT2D eigenvalue weighted by molar-refractivity contribution is 0.138. The maximum Gasteiger partial charge on any atom is 0.404 e. The van der Waals surface area contributed by atoms with Crippen LogP contribution in [0.1, 0.15) is 0 Å². The molecular formula is C5H11N4O3+. The Balaban J connectivity index is 3.00. The van der Waals surface area contributed by atoms with E-state index in [1.807, 2.05) is 0 Å². The summed E-state index contributed by atoms with van der Waals surface area (Å²) in [5.41, 5.74) is 6.29. The monoisotopic (exact) mass is 175 g/mol. The molecule has 0 radical (unpaired) electrons. The number of hydrogen-bond donors (Lipinski definition) is 3. The van der Waals surface area contributed by atoms with E-state index in [0.717, 1.165) is 0 Å². The van der Waals surface area contributed by atoms with Crippen molar-refractivity contribution in [3.63, 3.8) is 0 Å². The van der Waals surface area contributed by atoms with E-state index in [2.05, 4.69) is 15.3 Å². The van der Waals surface area contributed by atoms with Crippen LogP contribution in [0, 0.1) is 5.53 Å². The molecule has 0 unspecified atom stereocenters. The first kappa shape index (κ1) is 10.5. The van der Waals surface area contributed by atoms with Crippen molar-refractivity contribution in [2.45, 2.75) is 0 Å². The number of carbonyl (C=O) groups is 1. The zero-order chi connectivity index (χ0) is 9.23. The summed E-state index contributed by atoms with van der Waals surface area (Å²) in [5.74, 6) is 0. The van der Waals surface area contributed by atoms with Gasteiger partial charge in [0.05, 0.1) is 13.2 Å². The molecular weight excluding hydrogens is 164 g/mol. The zero-order valence-corrected chi connectivity index (χ0v) is 6.49. The summed E-state index contributed by atoms with van der Waals surface area (Å²) < 4.78 is 4.92. The lowest BCUT2D eigenvalue weighted by Crippen LogP contribution is -2.25. The van der Waals surface area contributed by atoms with Gasteiger partial charge in [0.2, 0.25) is 4.91 Å². The van der Waals surface area contributed by atoms with Gasteiger partial charge in [0.25, 0.3) is 0 Å². The molecule has 0 bridgehead atoms. The van der Waals surface area contributed by atoms with Crippen LogP contribution in [-0.4, -0.2) is 37.5 Å². The third-order valence-electron chi connectivity index (χ3n) is 0.929. The van der Waals surface area contributed by atoms with Gasteiger partial charge in [0.1, 0.15) is 17.2 Å². The maximum absolute atomic E-state index is 9.91. The van der Waals surface area contributed by atoms with Crippen LogP contribution in [0.15, 0.2) is 5.11 Å². The van der Waals surface area contributed by atoms with Crippen LogP contribution in [0.4, 0.5) is 4.79 Å². The number of carboxylic acid groups (broad SMARTS) is 1. The van der Waals surface area contributed by atoms with E-state index in [-0.39, 0.29) is 6.54 Å². The van der Waals surface area contributed by atoms with E-state index in [0.29, 0.717) is 19.8 Å². The van der Waals surface area contributed by atoms with Crippen molar-refractivity contribution in [2.75, 3.05) is 26.3 Å². The Morgan fingerprint density at radius 2 is 2.42 bits per heavy atom. The van der Waals surface area contributed by atoms with Gasteiger partial charge in [-0.05, 0) is 0 Å². The van der Waals surface area contributed by atoms with Crippen LogP contribution in [0.5, 0.6) is 0 Å². The van der Waals surface area contributed by atoms with Crippen LogP contribution >= 0.6 is 0 Å². The number of nitrogens with zero attached hydrogens (tertiary/aromatic N) is 2. The van der Waals surface area contributed by atoms with Crippen molar-refractivity contribution < 1.29 is 14.6 Å². The smallest absolute Gasteiger partial charge is 0.404 e. The molecule has 0 aromatic carbocycles. The van der Waals surface area contributed by atoms with E-state index in [4.69, 9.17) is 15.4 Å². The van der Waals surface area contributed by atoms with Crippen LogP contribution in [0.25, 0.3) is 0 Å². The Hall–Kier alpha value is -1.46. The van der Waals surface area contributed by atoms with Gasteiger partial charge in [-0.2, -0.15) is 0 Å². The molecule has 0 atom stereocenters. The summed E-state index contributed by atoms with van der Waals surface area (Å²) in [6.45, 7) is 1.24. The van der Waals surface area contributed by atoms with E-state index < -0.39 is 6.09 Å². The predicted octanol–water partition coefficient (Wildman–Crippen LogP) is -0.179. The van der Waals surface area contributed by atoms with Crippen molar-refractivity contribution in [1.82, 2.24) is 10.2 Å². The average Bonchev–Trinajstić information content (AvgIpc) is 2.02. The van der Waals surface area contributed by atoms with Gasteiger partial charge in [0, 0.05) is 6.54 Å². The topological polar surface area (TPSA) is 109 Å². The molecule has 0 aliphatic heterocycles. The van der Waals surface area contributed by atoms with Crippen LogP contribution < -0.4 is 10.2 Å². The highest BCUT2D eigenvalue weighted by molar-refractivity contribution is 5.64. The molecule has 0 heterocycles. The fraction of sp³-hybridized carbons (Fsp3) is 0.800. The molecule has 0 aromatic heterocycles. The van der Waals surface area contributed by atoms with Gasteiger partial charge < -0.3 is 15.2 Å². The van der Waals surface area contributed by atoms with Crippen LogP contribution in [-0.2, 0) is 4.74 Å². The highest BCUT2D eigenvalue weighted by Gasteiger charge is 1.93. The summed E-state index contributed by atoms with van der Waals surface area (Å²) in [7, 11) is 0. The normalized spacial score (nSPS) is 8.67.